The first kappa shape index (κ1) is 11.2. The maximum Gasteiger partial charge on any atom is 0.334 e. The summed E-state index contributed by atoms with van der Waals surface area (Å²) in [6, 6.07) is 0. The van der Waals surface area contributed by atoms with Crippen LogP contribution in [0.25, 0.3) is 0 Å². The van der Waals surface area contributed by atoms with Crippen molar-refractivity contribution in [2.75, 3.05) is 12.6 Å². The number of methoxy groups -OCH3 is 1. The largest absolute Gasteiger partial charge is 0.466 e. The third-order valence-corrected chi connectivity index (χ3v) is 1.27. The smallest absolute Gasteiger partial charge is 0.334 e. The number of hydrogen-bond acceptors (Lipinski definition) is 4. The summed E-state index contributed by atoms with van der Waals surface area (Å²) in [7, 11) is 1.24. The van der Waals surface area contributed by atoms with Crippen LogP contribution < -0.4 is 0 Å². The van der Waals surface area contributed by atoms with Gasteiger partial charge in [0.25, 0.3) is 0 Å². The van der Waals surface area contributed by atoms with Gasteiger partial charge in [-0.2, -0.15) is 0 Å². The van der Waals surface area contributed by atoms with Gasteiger partial charge < -0.3 is 9.47 Å². The molecular weight excluding hydrogens is 228 g/mol. The second-order valence-corrected chi connectivity index (χ2v) is 2.35. The molecular formula is C7H9BrO4. The van der Waals surface area contributed by atoms with Crippen molar-refractivity contribution in [3.8, 4) is 0 Å². The van der Waals surface area contributed by atoms with E-state index in [1.165, 1.54) is 14.0 Å². The molecule has 0 atom stereocenters. The highest BCUT2D eigenvalue weighted by atomic mass is 79.9. The fourth-order valence-corrected chi connectivity index (χ4v) is 0.666. The van der Waals surface area contributed by atoms with Gasteiger partial charge in [-0.1, -0.05) is 0 Å². The molecule has 0 bridgehead atoms. The van der Waals surface area contributed by atoms with Crippen LogP contribution >= 0.6 is 15.9 Å². The highest BCUT2D eigenvalue weighted by Gasteiger charge is 2.06. The van der Waals surface area contributed by atoms with Crippen molar-refractivity contribution in [1.29, 1.82) is 0 Å². The molecule has 0 aliphatic carbocycles. The van der Waals surface area contributed by atoms with Crippen molar-refractivity contribution in [2.45, 2.75) is 6.92 Å². The lowest BCUT2D eigenvalue weighted by atomic mass is 10.3. The van der Waals surface area contributed by atoms with E-state index in [1.807, 2.05) is 0 Å². The van der Waals surface area contributed by atoms with Crippen molar-refractivity contribution >= 4 is 27.9 Å². The maximum atomic E-state index is 10.9. The van der Waals surface area contributed by atoms with E-state index in [9.17, 15) is 9.59 Å². The zero-order valence-corrected chi connectivity index (χ0v) is 8.38. The van der Waals surface area contributed by atoms with Gasteiger partial charge in [0.15, 0.2) is 0 Å². The van der Waals surface area contributed by atoms with Crippen LogP contribution in [0.5, 0.6) is 0 Å². The van der Waals surface area contributed by atoms with Crippen LogP contribution in [0.1, 0.15) is 6.92 Å². The Kier molecular flexibility index (Phi) is 5.36. The highest BCUT2D eigenvalue weighted by Crippen LogP contribution is 1.98. The zero-order valence-electron chi connectivity index (χ0n) is 6.80. The molecule has 0 rings (SSSR count). The predicted molar refractivity (Wildman–Crippen MR) is 45.7 cm³/mol. The van der Waals surface area contributed by atoms with Gasteiger partial charge >= 0.3 is 11.9 Å². The molecule has 0 aromatic rings. The molecule has 0 aliphatic rings. The Morgan fingerprint density at radius 1 is 1.50 bits per heavy atom. The molecule has 4 nitrogen and oxygen atoms in total. The molecule has 5 heteroatoms. The molecule has 0 saturated carbocycles. The molecule has 0 heterocycles. The predicted octanol–water partition coefficient (Wildman–Crippen LogP) is 1.00. The number of ether oxygens (including phenoxy) is 2. The Bertz CT molecular complexity index is 209. The van der Waals surface area contributed by atoms with E-state index in [1.54, 1.807) is 0 Å². The lowest BCUT2D eigenvalue weighted by Gasteiger charge is -1.99. The van der Waals surface area contributed by atoms with Crippen LogP contribution in [-0.2, 0) is 19.1 Å². The first-order valence-corrected chi connectivity index (χ1v) is 4.23. The quantitative estimate of drug-likeness (QED) is 0.417. The monoisotopic (exact) mass is 236 g/mol. The van der Waals surface area contributed by atoms with Crippen LogP contribution in [0.15, 0.2) is 11.6 Å². The Hall–Kier alpha value is -0.840. The fourth-order valence-electron chi connectivity index (χ4n) is 0.458. The van der Waals surface area contributed by atoms with Gasteiger partial charge in [0.05, 0.1) is 7.11 Å². The Balaban J connectivity index is 4.17. The van der Waals surface area contributed by atoms with Gasteiger partial charge in [-0.15, -0.1) is 0 Å². The Morgan fingerprint density at radius 2 is 2.08 bits per heavy atom. The van der Waals surface area contributed by atoms with Crippen LogP contribution in [0.4, 0.5) is 0 Å². The second kappa shape index (κ2) is 5.77. The summed E-state index contributed by atoms with van der Waals surface area (Å²) in [6.07, 6.45) is 1.07. The second-order valence-electron chi connectivity index (χ2n) is 1.89. The summed E-state index contributed by atoms with van der Waals surface area (Å²) in [6.45, 7) is 1.47. The number of carbonyl (C=O) groups is 2. The van der Waals surface area contributed by atoms with Gasteiger partial charge in [-0.05, 0) is 22.9 Å². The number of hydrogen-bond donors (Lipinski definition) is 0. The van der Waals surface area contributed by atoms with E-state index in [4.69, 9.17) is 0 Å². The minimum Gasteiger partial charge on any atom is -0.466 e. The molecule has 0 aromatic carbocycles. The lowest BCUT2D eigenvalue weighted by Crippen LogP contribution is -2.06. The standard InChI is InChI=1S/C7H9BrO4/c1-5(3-6(9)11-2)7(10)12-4-8/h3H,4H2,1-2H3/b5-3-. The molecule has 0 unspecified atom stereocenters. The van der Waals surface area contributed by atoms with Crippen molar-refractivity contribution < 1.29 is 19.1 Å². The molecule has 12 heavy (non-hydrogen) atoms. The average molecular weight is 237 g/mol. The van der Waals surface area contributed by atoms with Gasteiger partial charge in [0.2, 0.25) is 0 Å². The third-order valence-electron chi connectivity index (χ3n) is 1.04. The maximum absolute atomic E-state index is 10.9. The molecule has 0 spiro atoms. The SMILES string of the molecule is COC(=O)/C=C(/C)C(=O)OCBr. The van der Waals surface area contributed by atoms with Gasteiger partial charge in [-0.3, -0.25) is 0 Å². The van der Waals surface area contributed by atoms with Crippen molar-refractivity contribution in [3.63, 3.8) is 0 Å². The van der Waals surface area contributed by atoms with E-state index in [0.717, 1.165) is 6.08 Å². The summed E-state index contributed by atoms with van der Waals surface area (Å²) in [4.78, 5) is 21.5. The summed E-state index contributed by atoms with van der Waals surface area (Å²) in [5.41, 5.74) is 0.319. The number of halogens is 1. The summed E-state index contributed by atoms with van der Waals surface area (Å²) < 4.78 is 8.87. The first-order chi connectivity index (χ1) is 5.61. The number of alkyl halides is 1. The molecule has 0 amide bonds. The van der Waals surface area contributed by atoms with Gasteiger partial charge in [-0.25, -0.2) is 9.59 Å². The molecule has 68 valence electrons. The zero-order chi connectivity index (χ0) is 9.56. The molecule has 0 N–H and O–H groups in total. The molecule has 0 aliphatic heterocycles. The Labute approximate surface area is 78.7 Å². The normalized spacial score (nSPS) is 10.8. The average Bonchev–Trinajstić information content (AvgIpc) is 2.04. The minimum absolute atomic E-state index is 0.109. The van der Waals surface area contributed by atoms with Crippen LogP contribution in [0.3, 0.4) is 0 Å². The molecule has 0 aromatic heterocycles. The van der Waals surface area contributed by atoms with Gasteiger partial charge in [0, 0.05) is 11.6 Å². The minimum atomic E-state index is -0.570. The number of rotatable bonds is 3. The summed E-state index contributed by atoms with van der Waals surface area (Å²) in [5, 5.41) is 0. The van der Waals surface area contributed by atoms with Crippen LogP contribution in [0.2, 0.25) is 0 Å². The lowest BCUT2D eigenvalue weighted by molar-refractivity contribution is -0.138. The molecule has 0 saturated heterocycles. The van der Waals surface area contributed by atoms with E-state index in [-0.39, 0.29) is 11.1 Å². The molecule has 0 fully saturated rings. The van der Waals surface area contributed by atoms with E-state index in [0.29, 0.717) is 0 Å². The summed E-state index contributed by atoms with van der Waals surface area (Å²) >= 11 is 2.92. The summed E-state index contributed by atoms with van der Waals surface area (Å²) in [5.74, 6) is -1.11. The van der Waals surface area contributed by atoms with Crippen LogP contribution in [-0.4, -0.2) is 24.6 Å². The number of esters is 2. The topological polar surface area (TPSA) is 52.6 Å². The van der Waals surface area contributed by atoms with E-state index < -0.39 is 11.9 Å². The fraction of sp³-hybridized carbons (Fsp3) is 0.429. The van der Waals surface area contributed by atoms with Crippen molar-refractivity contribution in [3.05, 3.63) is 11.6 Å². The molecule has 0 radical (unpaired) electrons. The van der Waals surface area contributed by atoms with E-state index in [2.05, 4.69) is 25.4 Å². The highest BCUT2D eigenvalue weighted by molar-refractivity contribution is 9.09. The van der Waals surface area contributed by atoms with Crippen molar-refractivity contribution in [2.24, 2.45) is 0 Å². The third kappa shape index (κ3) is 4.12. The Morgan fingerprint density at radius 3 is 2.50 bits per heavy atom. The first-order valence-electron chi connectivity index (χ1n) is 3.11. The number of carbonyl (C=O) groups excluding carboxylic acids is 2. The van der Waals surface area contributed by atoms with E-state index >= 15 is 0 Å². The van der Waals surface area contributed by atoms with Crippen molar-refractivity contribution in [1.82, 2.24) is 0 Å². The van der Waals surface area contributed by atoms with Gasteiger partial charge in [0.1, 0.15) is 5.52 Å². The van der Waals surface area contributed by atoms with Crippen LogP contribution in [0, 0.1) is 0 Å².